The number of hydrogen-bond donors (Lipinski definition) is 1. The number of hydrogen-bond acceptors (Lipinski definition) is 2. The number of benzene rings is 1. The van der Waals surface area contributed by atoms with Crippen LogP contribution in [0.1, 0.15) is 18.1 Å². The molecule has 0 spiro atoms. The Morgan fingerprint density at radius 2 is 2.00 bits per heavy atom. The summed E-state index contributed by atoms with van der Waals surface area (Å²) in [4.78, 5) is 4.09. The lowest BCUT2D eigenvalue weighted by molar-refractivity contribution is 1.10. The lowest BCUT2D eigenvalue weighted by Gasteiger charge is -2.07. The van der Waals surface area contributed by atoms with Crippen molar-refractivity contribution >= 4 is 5.69 Å². The second-order valence-corrected chi connectivity index (χ2v) is 3.77. The van der Waals surface area contributed by atoms with E-state index in [4.69, 9.17) is 0 Å². The second-order valence-electron chi connectivity index (χ2n) is 3.77. The first-order chi connectivity index (χ1) is 7.88. The molecule has 2 rings (SSSR count). The summed E-state index contributed by atoms with van der Waals surface area (Å²) in [5.74, 6) is 0. The van der Waals surface area contributed by atoms with Crippen LogP contribution in [0.4, 0.5) is 5.69 Å². The van der Waals surface area contributed by atoms with Crippen molar-refractivity contribution < 1.29 is 0 Å². The highest BCUT2D eigenvalue weighted by molar-refractivity contribution is 5.46. The van der Waals surface area contributed by atoms with E-state index >= 15 is 0 Å². The summed E-state index contributed by atoms with van der Waals surface area (Å²) in [6.07, 6.45) is 4.75. The minimum atomic E-state index is 0.820. The van der Waals surface area contributed by atoms with E-state index in [2.05, 4.69) is 47.6 Å². The van der Waals surface area contributed by atoms with Crippen LogP contribution in [0, 0.1) is 0 Å². The minimum absolute atomic E-state index is 0.820. The third-order valence-electron chi connectivity index (χ3n) is 2.55. The number of anilines is 1. The molecule has 0 bridgehead atoms. The van der Waals surface area contributed by atoms with Gasteiger partial charge in [0.25, 0.3) is 0 Å². The third-order valence-corrected chi connectivity index (χ3v) is 2.55. The number of aromatic nitrogens is 1. The molecule has 2 nitrogen and oxygen atoms in total. The fourth-order valence-corrected chi connectivity index (χ4v) is 1.61. The molecule has 16 heavy (non-hydrogen) atoms. The summed E-state index contributed by atoms with van der Waals surface area (Å²) in [6, 6.07) is 12.6. The Morgan fingerprint density at radius 3 is 2.75 bits per heavy atom. The van der Waals surface area contributed by atoms with Crippen molar-refractivity contribution in [1.29, 1.82) is 0 Å². The highest BCUT2D eigenvalue weighted by Crippen LogP contribution is 2.12. The van der Waals surface area contributed by atoms with Crippen LogP contribution in [0.5, 0.6) is 0 Å². The number of nitrogens with zero attached hydrogens (tertiary/aromatic N) is 1. The van der Waals surface area contributed by atoms with E-state index in [1.807, 2.05) is 12.3 Å². The van der Waals surface area contributed by atoms with Gasteiger partial charge in [-0.15, -0.1) is 0 Å². The van der Waals surface area contributed by atoms with E-state index in [9.17, 15) is 0 Å². The first-order valence-corrected chi connectivity index (χ1v) is 5.60. The van der Waals surface area contributed by atoms with Gasteiger partial charge in [-0.3, -0.25) is 4.98 Å². The summed E-state index contributed by atoms with van der Waals surface area (Å²) < 4.78 is 0. The van der Waals surface area contributed by atoms with Crippen molar-refractivity contribution in [2.24, 2.45) is 0 Å². The zero-order chi connectivity index (χ0) is 11.2. The van der Waals surface area contributed by atoms with Crippen molar-refractivity contribution in [3.8, 4) is 0 Å². The van der Waals surface area contributed by atoms with Crippen molar-refractivity contribution in [2.45, 2.75) is 19.9 Å². The van der Waals surface area contributed by atoms with E-state index in [0.29, 0.717) is 0 Å². The number of rotatable bonds is 4. The van der Waals surface area contributed by atoms with Gasteiger partial charge in [0.2, 0.25) is 0 Å². The molecule has 0 unspecified atom stereocenters. The Bertz CT molecular complexity index is 437. The lowest BCUT2D eigenvalue weighted by Crippen LogP contribution is -1.99. The summed E-state index contributed by atoms with van der Waals surface area (Å²) in [5, 5.41) is 3.40. The zero-order valence-electron chi connectivity index (χ0n) is 9.48. The van der Waals surface area contributed by atoms with Crippen LogP contribution in [-0.4, -0.2) is 4.98 Å². The van der Waals surface area contributed by atoms with E-state index < -0.39 is 0 Å². The topological polar surface area (TPSA) is 24.9 Å². The van der Waals surface area contributed by atoms with Gasteiger partial charge in [0, 0.05) is 24.6 Å². The SMILES string of the molecule is CCc1cccc(NCc2cccnc2)c1. The molecule has 1 aromatic heterocycles. The van der Waals surface area contributed by atoms with Gasteiger partial charge in [-0.2, -0.15) is 0 Å². The molecule has 2 aromatic rings. The molecule has 0 aliphatic heterocycles. The quantitative estimate of drug-likeness (QED) is 0.841. The van der Waals surface area contributed by atoms with E-state index in [-0.39, 0.29) is 0 Å². The molecule has 82 valence electrons. The zero-order valence-corrected chi connectivity index (χ0v) is 9.48. The Morgan fingerprint density at radius 1 is 1.12 bits per heavy atom. The van der Waals surface area contributed by atoms with Crippen molar-refractivity contribution in [2.75, 3.05) is 5.32 Å². The van der Waals surface area contributed by atoms with Gasteiger partial charge < -0.3 is 5.32 Å². The Labute approximate surface area is 96.4 Å². The first kappa shape index (κ1) is 10.7. The highest BCUT2D eigenvalue weighted by atomic mass is 14.9. The molecular formula is C14H16N2. The van der Waals surface area contributed by atoms with Crippen molar-refractivity contribution in [3.63, 3.8) is 0 Å². The number of aryl methyl sites for hydroxylation is 1. The molecule has 1 aromatic carbocycles. The van der Waals surface area contributed by atoms with Gasteiger partial charge in [-0.1, -0.05) is 25.1 Å². The Hall–Kier alpha value is -1.83. The van der Waals surface area contributed by atoms with Crippen LogP contribution in [0.15, 0.2) is 48.8 Å². The largest absolute Gasteiger partial charge is 0.381 e. The van der Waals surface area contributed by atoms with Crippen molar-refractivity contribution in [1.82, 2.24) is 4.98 Å². The molecule has 0 fully saturated rings. The maximum atomic E-state index is 4.09. The van der Waals surface area contributed by atoms with Gasteiger partial charge in [-0.05, 0) is 35.7 Å². The lowest BCUT2D eigenvalue weighted by atomic mass is 10.1. The fourth-order valence-electron chi connectivity index (χ4n) is 1.61. The van der Waals surface area contributed by atoms with Crippen LogP contribution >= 0.6 is 0 Å². The normalized spacial score (nSPS) is 10.1. The second kappa shape index (κ2) is 5.31. The minimum Gasteiger partial charge on any atom is -0.381 e. The smallest absolute Gasteiger partial charge is 0.0416 e. The summed E-state index contributed by atoms with van der Waals surface area (Å²) in [5.41, 5.74) is 3.73. The van der Waals surface area contributed by atoms with Gasteiger partial charge in [0.05, 0.1) is 0 Å². The highest BCUT2D eigenvalue weighted by Gasteiger charge is 1.95. The van der Waals surface area contributed by atoms with Crippen LogP contribution in [-0.2, 0) is 13.0 Å². The monoisotopic (exact) mass is 212 g/mol. The Kier molecular flexibility index (Phi) is 3.54. The summed E-state index contributed by atoms with van der Waals surface area (Å²) in [7, 11) is 0. The van der Waals surface area contributed by atoms with Gasteiger partial charge >= 0.3 is 0 Å². The maximum Gasteiger partial charge on any atom is 0.0416 e. The van der Waals surface area contributed by atoms with E-state index in [1.165, 1.54) is 16.8 Å². The molecule has 0 amide bonds. The predicted octanol–water partition coefficient (Wildman–Crippen LogP) is 3.26. The number of nitrogens with one attached hydrogen (secondary N) is 1. The molecule has 0 aliphatic carbocycles. The third kappa shape index (κ3) is 2.83. The number of pyridine rings is 1. The summed E-state index contributed by atoms with van der Waals surface area (Å²) in [6.45, 7) is 2.99. The van der Waals surface area contributed by atoms with Crippen LogP contribution in [0.3, 0.4) is 0 Å². The van der Waals surface area contributed by atoms with Gasteiger partial charge in [-0.25, -0.2) is 0 Å². The van der Waals surface area contributed by atoms with Crippen molar-refractivity contribution in [3.05, 3.63) is 59.9 Å². The summed E-state index contributed by atoms with van der Waals surface area (Å²) >= 11 is 0. The van der Waals surface area contributed by atoms with Crippen LogP contribution in [0.25, 0.3) is 0 Å². The van der Waals surface area contributed by atoms with Gasteiger partial charge in [0.1, 0.15) is 0 Å². The average molecular weight is 212 g/mol. The molecule has 1 heterocycles. The first-order valence-electron chi connectivity index (χ1n) is 5.60. The molecule has 0 atom stereocenters. The molecule has 0 radical (unpaired) electrons. The predicted molar refractivity (Wildman–Crippen MR) is 67.4 cm³/mol. The molecule has 2 heteroatoms. The molecular weight excluding hydrogens is 196 g/mol. The van der Waals surface area contributed by atoms with E-state index in [1.54, 1.807) is 6.20 Å². The van der Waals surface area contributed by atoms with Crippen LogP contribution in [0.2, 0.25) is 0 Å². The standard InChI is InChI=1S/C14H16N2/c1-2-12-5-3-7-14(9-12)16-11-13-6-4-8-15-10-13/h3-10,16H,2,11H2,1H3. The molecule has 0 aliphatic rings. The molecule has 0 saturated carbocycles. The van der Waals surface area contributed by atoms with E-state index in [0.717, 1.165) is 13.0 Å². The molecule has 1 N–H and O–H groups in total. The fraction of sp³-hybridized carbons (Fsp3) is 0.214. The maximum absolute atomic E-state index is 4.09. The van der Waals surface area contributed by atoms with Crippen LogP contribution < -0.4 is 5.32 Å². The Balaban J connectivity index is 1.99. The van der Waals surface area contributed by atoms with Gasteiger partial charge in [0.15, 0.2) is 0 Å². The average Bonchev–Trinajstić information content (AvgIpc) is 2.38. The molecule has 0 saturated heterocycles.